The molecule has 0 saturated heterocycles. The van der Waals surface area contributed by atoms with Crippen LogP contribution < -0.4 is 4.74 Å². The van der Waals surface area contributed by atoms with E-state index >= 15 is 0 Å². The van der Waals surface area contributed by atoms with E-state index < -0.39 is 5.97 Å². The van der Waals surface area contributed by atoms with Gasteiger partial charge in [0.25, 0.3) is 0 Å². The molecule has 0 atom stereocenters. The Hall–Kier alpha value is -3.86. The van der Waals surface area contributed by atoms with Gasteiger partial charge >= 0.3 is 5.97 Å². The molecule has 4 rings (SSSR count). The number of hydrogen-bond acceptors (Lipinski definition) is 3. The van der Waals surface area contributed by atoms with E-state index in [0.717, 1.165) is 47.7 Å². The van der Waals surface area contributed by atoms with Crippen LogP contribution in [0.25, 0.3) is 11.1 Å². The molecule has 0 saturated carbocycles. The minimum atomic E-state index is -0.915. The van der Waals surface area contributed by atoms with Crippen molar-refractivity contribution in [3.63, 3.8) is 0 Å². The molecule has 3 aromatic carbocycles. The summed E-state index contributed by atoms with van der Waals surface area (Å²) < 4.78 is 5.29. The van der Waals surface area contributed by atoms with Crippen molar-refractivity contribution in [1.82, 2.24) is 9.97 Å². The maximum absolute atomic E-state index is 11.5. The van der Waals surface area contributed by atoms with Gasteiger partial charge < -0.3 is 14.8 Å². The summed E-state index contributed by atoms with van der Waals surface area (Å²) in [6, 6.07) is 23.2. The highest BCUT2D eigenvalue weighted by molar-refractivity contribution is 5.95. The molecule has 0 aliphatic carbocycles. The van der Waals surface area contributed by atoms with Crippen molar-refractivity contribution in [1.29, 1.82) is 0 Å². The Kier molecular flexibility index (Phi) is 6.13. The second kappa shape index (κ2) is 9.30. The van der Waals surface area contributed by atoms with Crippen LogP contribution in [-0.4, -0.2) is 28.2 Å². The summed E-state index contributed by atoms with van der Waals surface area (Å²) in [5, 5.41) is 9.40. The molecule has 0 spiro atoms. The molecular formula is C26H24N2O3. The Balaban J connectivity index is 1.38. The number of carbonyl (C=O) groups is 1. The van der Waals surface area contributed by atoms with E-state index in [-0.39, 0.29) is 0 Å². The normalized spacial score (nSPS) is 10.7. The smallest absolute Gasteiger partial charge is 0.336 e. The molecule has 156 valence electrons. The number of carboxylic acids is 1. The van der Waals surface area contributed by atoms with E-state index in [1.807, 2.05) is 60.8 Å². The molecule has 5 nitrogen and oxygen atoms in total. The first-order chi connectivity index (χ1) is 15.1. The molecule has 0 amide bonds. The molecule has 0 aliphatic rings. The number of benzene rings is 3. The fourth-order valence-corrected chi connectivity index (χ4v) is 3.66. The molecule has 2 N–H and O–H groups in total. The number of imidazole rings is 1. The van der Waals surface area contributed by atoms with Gasteiger partial charge in [-0.2, -0.15) is 0 Å². The first-order valence-electron chi connectivity index (χ1n) is 10.2. The van der Waals surface area contributed by atoms with Crippen LogP contribution in [0.4, 0.5) is 0 Å². The number of aromatic carboxylic acids is 1. The summed E-state index contributed by atoms with van der Waals surface area (Å²) in [5.74, 6) is 0.895. The average molecular weight is 412 g/mol. The molecule has 0 unspecified atom stereocenters. The van der Waals surface area contributed by atoms with Crippen LogP contribution in [0, 0.1) is 0 Å². The third-order valence-corrected chi connectivity index (χ3v) is 5.28. The van der Waals surface area contributed by atoms with Gasteiger partial charge in [-0.25, -0.2) is 9.78 Å². The lowest BCUT2D eigenvalue weighted by molar-refractivity contribution is 0.0697. The third kappa shape index (κ3) is 5.01. The maximum atomic E-state index is 11.5. The highest BCUT2D eigenvalue weighted by atomic mass is 16.5. The van der Waals surface area contributed by atoms with Crippen molar-refractivity contribution in [2.75, 3.05) is 7.11 Å². The molecule has 1 heterocycles. The Labute approximate surface area is 181 Å². The van der Waals surface area contributed by atoms with E-state index in [4.69, 9.17) is 4.74 Å². The lowest BCUT2D eigenvalue weighted by Gasteiger charge is -2.07. The molecule has 0 aliphatic heterocycles. The third-order valence-electron chi connectivity index (χ3n) is 5.28. The first-order valence-corrected chi connectivity index (χ1v) is 10.2. The largest absolute Gasteiger partial charge is 0.497 e. The lowest BCUT2D eigenvalue weighted by Crippen LogP contribution is -1.99. The Morgan fingerprint density at radius 2 is 1.77 bits per heavy atom. The highest BCUT2D eigenvalue weighted by Crippen LogP contribution is 2.24. The van der Waals surface area contributed by atoms with Gasteiger partial charge in [-0.1, -0.05) is 54.6 Å². The number of rotatable bonds is 8. The second-order valence-electron chi connectivity index (χ2n) is 7.43. The van der Waals surface area contributed by atoms with Gasteiger partial charge in [-0.3, -0.25) is 0 Å². The molecule has 31 heavy (non-hydrogen) atoms. The van der Waals surface area contributed by atoms with E-state index in [2.05, 4.69) is 16.0 Å². The number of hydrogen-bond donors (Lipinski definition) is 2. The number of carboxylic acid groups (broad SMARTS) is 1. The average Bonchev–Trinajstić information content (AvgIpc) is 3.25. The molecule has 0 bridgehead atoms. The molecule has 5 heteroatoms. The standard InChI is InChI=1S/C26H24N2O3/c1-31-22-6-4-5-19(16-22)15-21-17-27-25(28-21)14-11-18-9-12-20(13-10-18)23-7-2-3-8-24(23)26(29)30/h2-10,12-13,16-17H,11,14-15H2,1H3,(H,27,28)(H,29,30). The number of aryl methyl sites for hydroxylation is 2. The number of aromatic nitrogens is 2. The summed E-state index contributed by atoms with van der Waals surface area (Å²) in [5.41, 5.74) is 5.38. The monoisotopic (exact) mass is 412 g/mol. The van der Waals surface area contributed by atoms with E-state index in [0.29, 0.717) is 5.56 Å². The number of nitrogens with one attached hydrogen (secondary N) is 1. The zero-order chi connectivity index (χ0) is 21.6. The summed E-state index contributed by atoms with van der Waals surface area (Å²) in [4.78, 5) is 19.4. The minimum absolute atomic E-state index is 0.314. The highest BCUT2D eigenvalue weighted by Gasteiger charge is 2.11. The fourth-order valence-electron chi connectivity index (χ4n) is 3.66. The van der Waals surface area contributed by atoms with Crippen molar-refractivity contribution in [2.45, 2.75) is 19.3 Å². The first kappa shape index (κ1) is 20.4. The van der Waals surface area contributed by atoms with Crippen LogP contribution in [0.5, 0.6) is 5.75 Å². The van der Waals surface area contributed by atoms with Gasteiger partial charge in [0.05, 0.1) is 12.7 Å². The van der Waals surface area contributed by atoms with Gasteiger partial charge in [-0.15, -0.1) is 0 Å². The number of H-pyrrole nitrogens is 1. The Bertz CT molecular complexity index is 1180. The van der Waals surface area contributed by atoms with Gasteiger partial charge in [0.2, 0.25) is 0 Å². The Morgan fingerprint density at radius 3 is 2.55 bits per heavy atom. The molecule has 0 radical (unpaired) electrons. The molecule has 1 aromatic heterocycles. The van der Waals surface area contributed by atoms with Crippen molar-refractivity contribution >= 4 is 5.97 Å². The van der Waals surface area contributed by atoms with Crippen LogP contribution in [0.3, 0.4) is 0 Å². The van der Waals surface area contributed by atoms with E-state index in [1.54, 1.807) is 19.2 Å². The number of nitrogens with zero attached hydrogens (tertiary/aromatic N) is 1. The summed E-state index contributed by atoms with van der Waals surface area (Å²) in [6.45, 7) is 0. The quantitative estimate of drug-likeness (QED) is 0.419. The van der Waals surface area contributed by atoms with E-state index in [9.17, 15) is 9.90 Å². The number of aromatic amines is 1. The lowest BCUT2D eigenvalue weighted by atomic mass is 9.98. The number of methoxy groups -OCH3 is 1. The predicted molar refractivity (Wildman–Crippen MR) is 121 cm³/mol. The van der Waals surface area contributed by atoms with Crippen molar-refractivity contribution in [3.8, 4) is 16.9 Å². The maximum Gasteiger partial charge on any atom is 0.336 e. The minimum Gasteiger partial charge on any atom is -0.497 e. The molecule has 0 fully saturated rings. The van der Waals surface area contributed by atoms with Gasteiger partial charge in [0.1, 0.15) is 11.6 Å². The topological polar surface area (TPSA) is 75.2 Å². The van der Waals surface area contributed by atoms with Gasteiger partial charge in [0.15, 0.2) is 0 Å². The van der Waals surface area contributed by atoms with Crippen LogP contribution in [-0.2, 0) is 19.3 Å². The predicted octanol–water partition coefficient (Wildman–Crippen LogP) is 5.16. The number of ether oxygens (including phenoxy) is 1. The zero-order valence-corrected chi connectivity index (χ0v) is 17.3. The SMILES string of the molecule is COc1cccc(Cc2cnc(CCc3ccc(-c4ccccc4C(=O)O)cc3)[nH]2)c1. The Morgan fingerprint density at radius 1 is 0.968 bits per heavy atom. The fraction of sp³-hybridized carbons (Fsp3) is 0.154. The van der Waals surface area contributed by atoms with Crippen LogP contribution in [0.2, 0.25) is 0 Å². The summed E-state index contributed by atoms with van der Waals surface area (Å²) >= 11 is 0. The van der Waals surface area contributed by atoms with Gasteiger partial charge in [-0.05, 0) is 46.9 Å². The van der Waals surface area contributed by atoms with Crippen molar-refractivity contribution in [2.24, 2.45) is 0 Å². The second-order valence-corrected chi connectivity index (χ2v) is 7.43. The van der Waals surface area contributed by atoms with E-state index in [1.165, 1.54) is 11.1 Å². The van der Waals surface area contributed by atoms with Crippen LogP contribution >= 0.6 is 0 Å². The zero-order valence-electron chi connectivity index (χ0n) is 17.3. The summed E-state index contributed by atoms with van der Waals surface area (Å²) in [7, 11) is 1.67. The van der Waals surface area contributed by atoms with Crippen molar-refractivity contribution in [3.05, 3.63) is 107 Å². The molecule has 4 aromatic rings. The van der Waals surface area contributed by atoms with Crippen LogP contribution in [0.15, 0.2) is 79.0 Å². The summed E-state index contributed by atoms with van der Waals surface area (Å²) in [6.07, 6.45) is 4.33. The molecular weight excluding hydrogens is 388 g/mol. The van der Waals surface area contributed by atoms with Crippen molar-refractivity contribution < 1.29 is 14.6 Å². The van der Waals surface area contributed by atoms with Crippen LogP contribution in [0.1, 0.15) is 33.0 Å². The van der Waals surface area contributed by atoms with Gasteiger partial charge in [0, 0.05) is 24.7 Å².